The van der Waals surface area contributed by atoms with Crippen LogP contribution in [0.15, 0.2) is 11.6 Å². The number of imidazole rings is 1. The summed E-state index contributed by atoms with van der Waals surface area (Å²) < 4.78 is 2.20. The summed E-state index contributed by atoms with van der Waals surface area (Å²) >= 11 is 1.69. The number of nitrogens with zero attached hydrogens (tertiary/aromatic N) is 4. The van der Waals surface area contributed by atoms with Crippen molar-refractivity contribution in [3.8, 4) is 0 Å². The van der Waals surface area contributed by atoms with E-state index in [1.165, 1.54) is 18.7 Å². The molecule has 0 unspecified atom stereocenters. The lowest BCUT2D eigenvalue weighted by molar-refractivity contribution is 0.360. The Labute approximate surface area is 117 Å². The second-order valence-electron chi connectivity index (χ2n) is 5.12. The van der Waals surface area contributed by atoms with E-state index >= 15 is 0 Å². The third kappa shape index (κ3) is 2.48. The summed E-state index contributed by atoms with van der Waals surface area (Å²) in [5.41, 5.74) is 7.03. The molecule has 2 aromatic rings. The largest absolute Gasteiger partial charge is 0.354 e. The highest BCUT2D eigenvalue weighted by Gasteiger charge is 2.20. The molecular weight excluding hydrogens is 258 g/mol. The minimum atomic E-state index is 0.671. The van der Waals surface area contributed by atoms with Crippen molar-refractivity contribution in [3.05, 3.63) is 17.3 Å². The van der Waals surface area contributed by atoms with Gasteiger partial charge in [0.15, 0.2) is 10.8 Å². The van der Waals surface area contributed by atoms with Gasteiger partial charge >= 0.3 is 0 Å². The molecule has 0 amide bonds. The highest BCUT2D eigenvalue weighted by atomic mass is 32.1. The zero-order valence-corrected chi connectivity index (χ0v) is 12.2. The Morgan fingerprint density at radius 1 is 1.32 bits per heavy atom. The molecule has 0 aromatic carbocycles. The van der Waals surface area contributed by atoms with E-state index < -0.39 is 0 Å². The molecule has 104 valence electrons. The SMILES string of the molecule is CN1CCCN(c2nc3sccn3c2CCN)CC1. The van der Waals surface area contributed by atoms with Crippen molar-refractivity contribution in [2.24, 2.45) is 5.73 Å². The van der Waals surface area contributed by atoms with Crippen LogP contribution in [0, 0.1) is 0 Å². The highest BCUT2D eigenvalue weighted by molar-refractivity contribution is 7.15. The Balaban J connectivity index is 1.93. The molecule has 1 fully saturated rings. The molecule has 0 atom stereocenters. The van der Waals surface area contributed by atoms with E-state index in [1.54, 1.807) is 11.3 Å². The molecule has 1 aliphatic heterocycles. The molecule has 0 saturated carbocycles. The molecule has 3 rings (SSSR count). The van der Waals surface area contributed by atoms with Crippen LogP contribution in [0.3, 0.4) is 0 Å². The molecule has 5 nitrogen and oxygen atoms in total. The number of fused-ring (bicyclic) bond motifs is 1. The minimum Gasteiger partial charge on any atom is -0.354 e. The average molecular weight is 279 g/mol. The number of aromatic nitrogens is 2. The van der Waals surface area contributed by atoms with Crippen LogP contribution in [-0.2, 0) is 6.42 Å². The first-order valence-electron chi connectivity index (χ1n) is 6.87. The number of rotatable bonds is 3. The van der Waals surface area contributed by atoms with Gasteiger partial charge < -0.3 is 15.5 Å². The molecule has 2 aromatic heterocycles. The fourth-order valence-corrected chi connectivity index (χ4v) is 3.43. The van der Waals surface area contributed by atoms with Crippen molar-refractivity contribution in [3.63, 3.8) is 0 Å². The van der Waals surface area contributed by atoms with Crippen LogP contribution in [0.25, 0.3) is 4.96 Å². The van der Waals surface area contributed by atoms with Gasteiger partial charge in [0.25, 0.3) is 0 Å². The molecule has 2 N–H and O–H groups in total. The maximum atomic E-state index is 5.77. The predicted octanol–water partition coefficient (Wildman–Crippen LogP) is 1.04. The molecule has 6 heteroatoms. The van der Waals surface area contributed by atoms with Crippen LogP contribution in [0.2, 0.25) is 0 Å². The summed E-state index contributed by atoms with van der Waals surface area (Å²) in [5.74, 6) is 1.15. The Morgan fingerprint density at radius 2 is 2.21 bits per heavy atom. The van der Waals surface area contributed by atoms with Gasteiger partial charge in [0, 0.05) is 37.6 Å². The Kier molecular flexibility index (Phi) is 3.72. The smallest absolute Gasteiger partial charge is 0.195 e. The van der Waals surface area contributed by atoms with Gasteiger partial charge in [-0.25, -0.2) is 4.98 Å². The van der Waals surface area contributed by atoms with Gasteiger partial charge in [0.05, 0.1) is 5.69 Å². The second-order valence-corrected chi connectivity index (χ2v) is 5.99. The summed E-state index contributed by atoms with van der Waals surface area (Å²) in [5, 5.41) is 2.09. The van der Waals surface area contributed by atoms with Gasteiger partial charge in [-0.2, -0.15) is 0 Å². The van der Waals surface area contributed by atoms with Crippen molar-refractivity contribution in [2.45, 2.75) is 12.8 Å². The standard InChI is InChI=1S/C13H21N5S/c1-16-5-2-6-17(8-7-16)12-11(3-4-14)18-9-10-19-13(18)15-12/h9-10H,2-8,14H2,1H3. The molecule has 1 saturated heterocycles. The van der Waals surface area contributed by atoms with Gasteiger partial charge in [-0.3, -0.25) is 4.40 Å². The van der Waals surface area contributed by atoms with Gasteiger partial charge in [-0.1, -0.05) is 0 Å². The number of hydrogen-bond acceptors (Lipinski definition) is 5. The molecule has 0 aliphatic carbocycles. The van der Waals surface area contributed by atoms with E-state index in [1.807, 2.05) is 0 Å². The van der Waals surface area contributed by atoms with Gasteiger partial charge in [0.2, 0.25) is 0 Å². The molecule has 0 bridgehead atoms. The van der Waals surface area contributed by atoms with Crippen molar-refractivity contribution in [2.75, 3.05) is 44.7 Å². The lowest BCUT2D eigenvalue weighted by Gasteiger charge is -2.21. The number of thiazole rings is 1. The van der Waals surface area contributed by atoms with Crippen molar-refractivity contribution >= 4 is 22.1 Å². The number of anilines is 1. The van der Waals surface area contributed by atoms with E-state index in [0.717, 1.165) is 36.8 Å². The second kappa shape index (κ2) is 5.48. The van der Waals surface area contributed by atoms with E-state index in [9.17, 15) is 0 Å². The fourth-order valence-electron chi connectivity index (χ4n) is 2.70. The molecule has 1 aliphatic rings. The lowest BCUT2D eigenvalue weighted by atomic mass is 10.3. The molecule has 0 radical (unpaired) electrons. The third-order valence-corrected chi connectivity index (χ3v) is 4.50. The highest BCUT2D eigenvalue weighted by Crippen LogP contribution is 2.25. The molecule has 3 heterocycles. The maximum absolute atomic E-state index is 5.77. The van der Waals surface area contributed by atoms with Crippen LogP contribution in [0.4, 0.5) is 5.82 Å². The normalized spacial score (nSPS) is 18.1. The first-order valence-corrected chi connectivity index (χ1v) is 7.75. The summed E-state index contributed by atoms with van der Waals surface area (Å²) in [6.45, 7) is 5.09. The Hall–Kier alpha value is -1.11. The van der Waals surface area contributed by atoms with Crippen LogP contribution in [-0.4, -0.2) is 54.1 Å². The van der Waals surface area contributed by atoms with Crippen molar-refractivity contribution in [1.82, 2.24) is 14.3 Å². The van der Waals surface area contributed by atoms with Gasteiger partial charge in [0.1, 0.15) is 0 Å². The average Bonchev–Trinajstić information content (AvgIpc) is 2.90. The van der Waals surface area contributed by atoms with E-state index in [2.05, 4.69) is 32.8 Å². The van der Waals surface area contributed by atoms with Gasteiger partial charge in [-0.05, 0) is 26.6 Å². The van der Waals surface area contributed by atoms with E-state index in [-0.39, 0.29) is 0 Å². The first-order chi connectivity index (χ1) is 9.29. The van der Waals surface area contributed by atoms with Crippen LogP contribution < -0.4 is 10.6 Å². The monoisotopic (exact) mass is 279 g/mol. The maximum Gasteiger partial charge on any atom is 0.195 e. The van der Waals surface area contributed by atoms with E-state index in [0.29, 0.717) is 6.54 Å². The quantitative estimate of drug-likeness (QED) is 0.912. The third-order valence-electron chi connectivity index (χ3n) is 3.74. The van der Waals surface area contributed by atoms with Crippen LogP contribution >= 0.6 is 11.3 Å². The number of likely N-dealkylation sites (N-methyl/N-ethyl adjacent to an activating group) is 1. The van der Waals surface area contributed by atoms with Crippen LogP contribution in [0.1, 0.15) is 12.1 Å². The van der Waals surface area contributed by atoms with E-state index in [4.69, 9.17) is 10.7 Å². The predicted molar refractivity (Wildman–Crippen MR) is 80.2 cm³/mol. The Bertz CT molecular complexity index is 546. The molecule has 19 heavy (non-hydrogen) atoms. The van der Waals surface area contributed by atoms with Crippen molar-refractivity contribution < 1.29 is 0 Å². The van der Waals surface area contributed by atoms with Gasteiger partial charge in [-0.15, -0.1) is 11.3 Å². The zero-order chi connectivity index (χ0) is 13.2. The first kappa shape index (κ1) is 12.9. The van der Waals surface area contributed by atoms with Crippen molar-refractivity contribution in [1.29, 1.82) is 0 Å². The fraction of sp³-hybridized carbons (Fsp3) is 0.615. The molecular formula is C13H21N5S. The summed E-state index contributed by atoms with van der Waals surface area (Å²) in [4.78, 5) is 10.7. The topological polar surface area (TPSA) is 49.8 Å². The lowest BCUT2D eigenvalue weighted by Crippen LogP contribution is -2.30. The number of nitrogens with two attached hydrogens (primary N) is 1. The summed E-state index contributed by atoms with van der Waals surface area (Å²) in [6.07, 6.45) is 4.19. The molecule has 0 spiro atoms. The Morgan fingerprint density at radius 3 is 3.05 bits per heavy atom. The number of hydrogen-bond donors (Lipinski definition) is 1. The zero-order valence-electron chi connectivity index (χ0n) is 11.4. The van der Waals surface area contributed by atoms with Crippen LogP contribution in [0.5, 0.6) is 0 Å². The summed E-state index contributed by atoms with van der Waals surface area (Å²) in [7, 11) is 2.19. The minimum absolute atomic E-state index is 0.671. The summed E-state index contributed by atoms with van der Waals surface area (Å²) in [6, 6.07) is 0.